The Morgan fingerprint density at radius 1 is 1.15 bits per heavy atom. The normalized spacial score (nSPS) is 26.8. The van der Waals surface area contributed by atoms with Crippen LogP contribution in [0.5, 0.6) is 0 Å². The van der Waals surface area contributed by atoms with Gasteiger partial charge in [-0.25, -0.2) is 0 Å². The van der Waals surface area contributed by atoms with E-state index in [4.69, 9.17) is 4.74 Å². The molecule has 0 saturated heterocycles. The van der Waals surface area contributed by atoms with Crippen LogP contribution in [0.15, 0.2) is 6.07 Å². The van der Waals surface area contributed by atoms with Crippen molar-refractivity contribution in [2.45, 2.75) is 71.8 Å². The zero-order chi connectivity index (χ0) is 14.7. The maximum atomic E-state index is 5.81. The molecule has 1 heteroatoms. The van der Waals surface area contributed by atoms with E-state index < -0.39 is 0 Å². The fourth-order valence-corrected chi connectivity index (χ4v) is 4.45. The van der Waals surface area contributed by atoms with Gasteiger partial charge in [0.05, 0.1) is 13.2 Å². The molecule has 0 saturated carbocycles. The first kappa shape index (κ1) is 14.1. The molecule has 1 aromatic carbocycles. The highest BCUT2D eigenvalue weighted by molar-refractivity contribution is 5.53. The van der Waals surface area contributed by atoms with E-state index in [-0.39, 0.29) is 10.8 Å². The van der Waals surface area contributed by atoms with E-state index in [1.54, 1.807) is 16.7 Å². The Morgan fingerprint density at radius 3 is 2.55 bits per heavy atom. The molecule has 0 aromatic heterocycles. The average Bonchev–Trinajstić information content (AvgIpc) is 2.36. The third kappa shape index (κ3) is 1.86. The number of rotatable bonds is 0. The second-order valence-electron chi connectivity index (χ2n) is 8.09. The van der Waals surface area contributed by atoms with E-state index >= 15 is 0 Å². The number of fused-ring (bicyclic) bond motifs is 3. The van der Waals surface area contributed by atoms with E-state index in [1.165, 1.54) is 17.5 Å². The van der Waals surface area contributed by atoms with Gasteiger partial charge in [-0.05, 0) is 64.3 Å². The predicted molar refractivity (Wildman–Crippen MR) is 84.4 cm³/mol. The predicted octanol–water partition coefficient (Wildman–Crippen LogP) is 4.66. The molecule has 1 unspecified atom stereocenters. The Kier molecular flexibility index (Phi) is 3.06. The molecule has 0 spiro atoms. The molecule has 1 heterocycles. The van der Waals surface area contributed by atoms with Crippen LogP contribution in [0.4, 0.5) is 0 Å². The summed E-state index contributed by atoms with van der Waals surface area (Å²) in [6, 6.07) is 2.48. The van der Waals surface area contributed by atoms with Crippen molar-refractivity contribution in [3.63, 3.8) is 0 Å². The van der Waals surface area contributed by atoms with Crippen LogP contribution in [0.2, 0.25) is 0 Å². The zero-order valence-electron chi connectivity index (χ0n) is 13.9. The van der Waals surface area contributed by atoms with Gasteiger partial charge in [-0.1, -0.05) is 40.7 Å². The Hall–Kier alpha value is -0.820. The molecular formula is C19H28O. The van der Waals surface area contributed by atoms with Gasteiger partial charge in [0.1, 0.15) is 0 Å². The highest BCUT2D eigenvalue weighted by atomic mass is 16.5. The van der Waals surface area contributed by atoms with Crippen molar-refractivity contribution in [1.82, 2.24) is 0 Å². The van der Waals surface area contributed by atoms with E-state index in [0.717, 1.165) is 19.6 Å². The number of aryl methyl sites for hydroxylation is 1. The number of benzene rings is 1. The molecule has 0 amide bonds. The zero-order valence-corrected chi connectivity index (χ0v) is 13.9. The van der Waals surface area contributed by atoms with Crippen LogP contribution in [0, 0.1) is 12.8 Å². The van der Waals surface area contributed by atoms with Gasteiger partial charge >= 0.3 is 0 Å². The minimum Gasteiger partial charge on any atom is -0.376 e. The SMILES string of the molecule is Cc1cc2c(c3c1CCOC3)C(C)(C)CC(C)C2(C)C. The van der Waals surface area contributed by atoms with Crippen molar-refractivity contribution in [2.24, 2.45) is 5.92 Å². The van der Waals surface area contributed by atoms with Crippen molar-refractivity contribution < 1.29 is 4.74 Å². The highest BCUT2D eigenvalue weighted by Crippen LogP contribution is 2.51. The lowest BCUT2D eigenvalue weighted by Crippen LogP contribution is -2.42. The quantitative estimate of drug-likeness (QED) is 0.667. The molecule has 1 aromatic rings. The van der Waals surface area contributed by atoms with E-state index in [9.17, 15) is 0 Å². The van der Waals surface area contributed by atoms with Gasteiger partial charge in [-0.3, -0.25) is 0 Å². The summed E-state index contributed by atoms with van der Waals surface area (Å²) in [5.74, 6) is 0.715. The minimum absolute atomic E-state index is 0.266. The van der Waals surface area contributed by atoms with Crippen LogP contribution in [-0.4, -0.2) is 6.61 Å². The third-order valence-corrected chi connectivity index (χ3v) is 5.93. The number of hydrogen-bond acceptors (Lipinski definition) is 1. The summed E-state index contributed by atoms with van der Waals surface area (Å²) in [6.45, 7) is 16.1. The molecule has 0 fully saturated rings. The van der Waals surface area contributed by atoms with Gasteiger partial charge in [-0.2, -0.15) is 0 Å². The maximum Gasteiger partial charge on any atom is 0.0722 e. The molecule has 0 bridgehead atoms. The summed E-state index contributed by atoms with van der Waals surface area (Å²) in [5.41, 5.74) is 8.25. The summed E-state index contributed by atoms with van der Waals surface area (Å²) < 4.78 is 5.81. The first-order valence-electron chi connectivity index (χ1n) is 7.99. The van der Waals surface area contributed by atoms with Crippen molar-refractivity contribution in [3.8, 4) is 0 Å². The molecule has 0 N–H and O–H groups in total. The van der Waals surface area contributed by atoms with Gasteiger partial charge in [0.25, 0.3) is 0 Å². The van der Waals surface area contributed by atoms with E-state index in [0.29, 0.717) is 5.92 Å². The van der Waals surface area contributed by atoms with Crippen LogP contribution in [0.1, 0.15) is 68.9 Å². The minimum atomic E-state index is 0.266. The van der Waals surface area contributed by atoms with Crippen LogP contribution < -0.4 is 0 Å². The summed E-state index contributed by atoms with van der Waals surface area (Å²) in [6.07, 6.45) is 2.35. The van der Waals surface area contributed by atoms with Gasteiger partial charge in [0.15, 0.2) is 0 Å². The Bertz CT molecular complexity index is 551. The van der Waals surface area contributed by atoms with Crippen molar-refractivity contribution >= 4 is 0 Å². The molecule has 3 rings (SSSR count). The second kappa shape index (κ2) is 4.34. The average molecular weight is 272 g/mol. The second-order valence-corrected chi connectivity index (χ2v) is 8.09. The lowest BCUT2D eigenvalue weighted by atomic mass is 9.56. The van der Waals surface area contributed by atoms with Gasteiger partial charge in [-0.15, -0.1) is 0 Å². The molecule has 1 aliphatic carbocycles. The molecule has 0 radical (unpaired) electrons. The molecule has 20 heavy (non-hydrogen) atoms. The van der Waals surface area contributed by atoms with Crippen molar-refractivity contribution in [1.29, 1.82) is 0 Å². The van der Waals surface area contributed by atoms with Crippen molar-refractivity contribution in [2.75, 3.05) is 6.61 Å². The van der Waals surface area contributed by atoms with Crippen LogP contribution in [0.25, 0.3) is 0 Å². The lowest BCUT2D eigenvalue weighted by molar-refractivity contribution is 0.107. The highest BCUT2D eigenvalue weighted by Gasteiger charge is 2.44. The molecular weight excluding hydrogens is 244 g/mol. The Balaban J connectivity index is 2.33. The number of ether oxygens (including phenoxy) is 1. The van der Waals surface area contributed by atoms with Gasteiger partial charge in [0.2, 0.25) is 0 Å². The molecule has 1 atom stereocenters. The Morgan fingerprint density at radius 2 is 1.85 bits per heavy atom. The summed E-state index contributed by atoms with van der Waals surface area (Å²) >= 11 is 0. The summed E-state index contributed by atoms with van der Waals surface area (Å²) in [4.78, 5) is 0. The maximum absolute atomic E-state index is 5.81. The fourth-order valence-electron chi connectivity index (χ4n) is 4.45. The van der Waals surface area contributed by atoms with E-state index in [2.05, 4.69) is 47.6 Å². The van der Waals surface area contributed by atoms with Crippen LogP contribution in [-0.2, 0) is 28.6 Å². The monoisotopic (exact) mass is 272 g/mol. The summed E-state index contributed by atoms with van der Waals surface area (Å²) in [7, 11) is 0. The van der Waals surface area contributed by atoms with Crippen LogP contribution >= 0.6 is 0 Å². The van der Waals surface area contributed by atoms with E-state index in [1.807, 2.05) is 0 Å². The largest absolute Gasteiger partial charge is 0.376 e. The first-order chi connectivity index (χ1) is 9.25. The first-order valence-corrected chi connectivity index (χ1v) is 7.99. The smallest absolute Gasteiger partial charge is 0.0722 e. The Labute approximate surface area is 123 Å². The third-order valence-electron chi connectivity index (χ3n) is 5.93. The van der Waals surface area contributed by atoms with Gasteiger partial charge in [0, 0.05) is 0 Å². The summed E-state index contributed by atoms with van der Waals surface area (Å²) in [5, 5.41) is 0. The molecule has 2 aliphatic rings. The molecule has 1 nitrogen and oxygen atoms in total. The van der Waals surface area contributed by atoms with Crippen molar-refractivity contribution in [3.05, 3.63) is 33.9 Å². The number of hydrogen-bond donors (Lipinski definition) is 0. The topological polar surface area (TPSA) is 9.23 Å². The van der Waals surface area contributed by atoms with Gasteiger partial charge < -0.3 is 4.74 Å². The lowest BCUT2D eigenvalue weighted by Gasteiger charge is -2.48. The fraction of sp³-hybridized carbons (Fsp3) is 0.684. The standard InChI is InChI=1S/C19H28O/c1-12-9-16-17(15-11-20-8-7-14(12)15)18(3,4)10-13(2)19(16,5)6/h9,13H,7-8,10-11H2,1-6H3. The van der Waals surface area contributed by atoms with Crippen LogP contribution in [0.3, 0.4) is 0 Å². The molecule has 1 aliphatic heterocycles. The molecule has 110 valence electrons.